The molecule has 0 bridgehead atoms. The lowest BCUT2D eigenvalue weighted by atomic mass is 9.95. The molecule has 0 aliphatic carbocycles. The molecule has 1 aromatic carbocycles. The van der Waals surface area contributed by atoms with Crippen molar-refractivity contribution in [3.05, 3.63) is 70.3 Å². The number of nitrogens with zero attached hydrogens (tertiary/aromatic N) is 1. The molecule has 5 heteroatoms. The van der Waals surface area contributed by atoms with Gasteiger partial charge in [0, 0.05) is 24.3 Å². The fraction of sp³-hybridized carbons (Fsp3) is 0.423. The van der Waals surface area contributed by atoms with Crippen LogP contribution in [0.5, 0.6) is 5.75 Å². The first kappa shape index (κ1) is 28.2. The fourth-order valence-corrected chi connectivity index (χ4v) is 2.97. The van der Waals surface area contributed by atoms with Gasteiger partial charge < -0.3 is 19.5 Å². The summed E-state index contributed by atoms with van der Waals surface area (Å²) in [6.07, 6.45) is 7.39. The van der Waals surface area contributed by atoms with Crippen molar-refractivity contribution in [2.45, 2.75) is 66.5 Å². The molecule has 0 radical (unpaired) electrons. The van der Waals surface area contributed by atoms with Gasteiger partial charge in [0.1, 0.15) is 12.4 Å². The Labute approximate surface area is 187 Å². The maximum Gasteiger partial charge on any atom is 0.227 e. The van der Waals surface area contributed by atoms with Crippen molar-refractivity contribution in [2.24, 2.45) is 0 Å². The lowest BCUT2D eigenvalue weighted by Crippen LogP contribution is -2.41. The summed E-state index contributed by atoms with van der Waals surface area (Å²) in [5.41, 5.74) is 2.10. The largest absolute Gasteiger partial charge is 0.502 e. The SMILES string of the molecule is C/C=C/c1oc(CO)cc(=O)c1O.C=Cc1ccccc1N(C)C(C)(C)CCC.CC. The number of rotatable bonds is 7. The molecular weight excluding hydrogens is 390 g/mol. The summed E-state index contributed by atoms with van der Waals surface area (Å²) in [5.74, 6) is -0.231. The van der Waals surface area contributed by atoms with E-state index < -0.39 is 11.2 Å². The van der Waals surface area contributed by atoms with Gasteiger partial charge in [-0.3, -0.25) is 4.79 Å². The molecule has 0 amide bonds. The minimum absolute atomic E-state index is 0.0686. The second-order valence-electron chi connectivity index (χ2n) is 7.33. The smallest absolute Gasteiger partial charge is 0.227 e. The highest BCUT2D eigenvalue weighted by molar-refractivity contribution is 5.67. The molecule has 0 aliphatic heterocycles. The van der Waals surface area contributed by atoms with Crippen molar-refractivity contribution in [1.29, 1.82) is 0 Å². The summed E-state index contributed by atoms with van der Waals surface area (Å²) in [5, 5.41) is 17.9. The minimum atomic E-state index is -0.552. The van der Waals surface area contributed by atoms with E-state index in [2.05, 4.69) is 63.6 Å². The second-order valence-corrected chi connectivity index (χ2v) is 7.33. The molecule has 0 aliphatic rings. The van der Waals surface area contributed by atoms with E-state index >= 15 is 0 Å². The Morgan fingerprint density at radius 2 is 1.84 bits per heavy atom. The highest BCUT2D eigenvalue weighted by Crippen LogP contribution is 2.29. The molecule has 0 fully saturated rings. The number of aliphatic hydroxyl groups is 1. The predicted octanol–water partition coefficient (Wildman–Crippen LogP) is 6.24. The van der Waals surface area contributed by atoms with E-state index in [1.807, 2.05) is 19.9 Å². The third-order valence-corrected chi connectivity index (χ3v) is 4.76. The third kappa shape index (κ3) is 8.46. The molecule has 1 aromatic heterocycles. The van der Waals surface area contributed by atoms with Crippen LogP contribution in [0.15, 0.2) is 52.2 Å². The van der Waals surface area contributed by atoms with Crippen molar-refractivity contribution in [2.75, 3.05) is 11.9 Å². The van der Waals surface area contributed by atoms with E-state index in [4.69, 9.17) is 9.52 Å². The average Bonchev–Trinajstić information content (AvgIpc) is 2.78. The van der Waals surface area contributed by atoms with E-state index in [1.165, 1.54) is 30.2 Å². The fourth-order valence-electron chi connectivity index (χ4n) is 2.97. The van der Waals surface area contributed by atoms with Crippen LogP contribution in [-0.4, -0.2) is 22.8 Å². The summed E-state index contributed by atoms with van der Waals surface area (Å²) in [6.45, 7) is 16.0. The molecule has 2 N–H and O–H groups in total. The van der Waals surface area contributed by atoms with Crippen LogP contribution in [0.1, 0.15) is 71.5 Å². The first-order chi connectivity index (χ1) is 14.7. The zero-order valence-electron chi connectivity index (χ0n) is 20.1. The van der Waals surface area contributed by atoms with Crippen molar-refractivity contribution in [3.8, 4) is 5.75 Å². The van der Waals surface area contributed by atoms with Crippen LogP contribution in [0, 0.1) is 0 Å². The van der Waals surface area contributed by atoms with E-state index in [1.54, 1.807) is 13.0 Å². The topological polar surface area (TPSA) is 73.9 Å². The molecule has 31 heavy (non-hydrogen) atoms. The van der Waals surface area contributed by atoms with Crippen LogP contribution in [0.25, 0.3) is 12.2 Å². The molecular formula is C26H39NO4. The Kier molecular flexibility index (Phi) is 13.0. The highest BCUT2D eigenvalue weighted by Gasteiger charge is 2.23. The normalized spacial score (nSPS) is 10.6. The van der Waals surface area contributed by atoms with Gasteiger partial charge in [0.05, 0.1) is 0 Å². The van der Waals surface area contributed by atoms with Gasteiger partial charge in [0.25, 0.3) is 0 Å². The Balaban J connectivity index is 0.000000547. The molecule has 5 nitrogen and oxygen atoms in total. The summed E-state index contributed by atoms with van der Waals surface area (Å²) < 4.78 is 4.99. The van der Waals surface area contributed by atoms with Gasteiger partial charge in [-0.05, 0) is 44.9 Å². The number of benzene rings is 1. The van der Waals surface area contributed by atoms with E-state index in [0.717, 1.165) is 6.07 Å². The first-order valence-electron chi connectivity index (χ1n) is 10.8. The number of aliphatic hydroxyl groups excluding tert-OH is 1. The summed E-state index contributed by atoms with van der Waals surface area (Å²) in [6, 6.07) is 9.47. The Morgan fingerprint density at radius 3 is 2.35 bits per heavy atom. The molecule has 0 saturated heterocycles. The summed E-state index contributed by atoms with van der Waals surface area (Å²) >= 11 is 0. The zero-order valence-corrected chi connectivity index (χ0v) is 20.1. The molecule has 0 atom stereocenters. The van der Waals surface area contributed by atoms with Gasteiger partial charge in [-0.2, -0.15) is 0 Å². The highest BCUT2D eigenvalue weighted by atomic mass is 16.4. The second kappa shape index (κ2) is 14.3. The average molecular weight is 430 g/mol. The van der Waals surface area contributed by atoms with Gasteiger partial charge in [0.15, 0.2) is 5.76 Å². The van der Waals surface area contributed by atoms with Crippen LogP contribution >= 0.6 is 0 Å². The minimum Gasteiger partial charge on any atom is -0.502 e. The number of anilines is 1. The maximum atomic E-state index is 11.0. The van der Waals surface area contributed by atoms with Crippen molar-refractivity contribution >= 4 is 17.8 Å². The number of aromatic hydroxyl groups is 1. The van der Waals surface area contributed by atoms with Gasteiger partial charge in [-0.25, -0.2) is 0 Å². The molecule has 0 unspecified atom stereocenters. The van der Waals surface area contributed by atoms with Crippen LogP contribution in [-0.2, 0) is 6.61 Å². The van der Waals surface area contributed by atoms with Crippen molar-refractivity contribution in [3.63, 3.8) is 0 Å². The standard InChI is InChI=1S/C15H23N.C9H10O4.C2H6/c1-6-12-15(3,4)16(5)14-11-9-8-10-13(14)7-2;1-2-3-8-9(12)7(11)4-6(5-10)13-8;1-2/h7-11H,2,6,12H2,1,3-5H3;2-4,10,12H,5H2,1H3;1-2H3/b;3-2+;. The summed E-state index contributed by atoms with van der Waals surface area (Å²) in [4.78, 5) is 13.4. The number of hydrogen-bond acceptors (Lipinski definition) is 5. The molecule has 0 saturated carbocycles. The third-order valence-electron chi connectivity index (χ3n) is 4.76. The Hall–Kier alpha value is -2.79. The maximum absolute atomic E-state index is 11.0. The Morgan fingerprint density at radius 1 is 1.23 bits per heavy atom. The van der Waals surface area contributed by atoms with E-state index in [9.17, 15) is 9.90 Å². The first-order valence-corrected chi connectivity index (χ1v) is 10.8. The summed E-state index contributed by atoms with van der Waals surface area (Å²) in [7, 11) is 2.16. The van der Waals surface area contributed by atoms with Crippen LogP contribution in [0.2, 0.25) is 0 Å². The van der Waals surface area contributed by atoms with E-state index in [0.29, 0.717) is 0 Å². The molecule has 2 rings (SSSR count). The predicted molar refractivity (Wildman–Crippen MR) is 133 cm³/mol. The van der Waals surface area contributed by atoms with Gasteiger partial charge in [0.2, 0.25) is 11.2 Å². The zero-order chi connectivity index (χ0) is 24.0. The van der Waals surface area contributed by atoms with Gasteiger partial charge in [-0.15, -0.1) is 0 Å². The van der Waals surface area contributed by atoms with Crippen LogP contribution in [0.3, 0.4) is 0 Å². The quantitative estimate of drug-likeness (QED) is 0.545. The van der Waals surface area contributed by atoms with Crippen LogP contribution in [0.4, 0.5) is 5.69 Å². The number of allylic oxidation sites excluding steroid dienone is 1. The molecule has 172 valence electrons. The molecule has 1 heterocycles. The molecule has 2 aromatic rings. The van der Waals surface area contributed by atoms with Crippen molar-refractivity contribution < 1.29 is 14.6 Å². The number of hydrogen-bond donors (Lipinski definition) is 2. The lowest BCUT2D eigenvalue weighted by molar-refractivity contribution is 0.240. The molecule has 0 spiro atoms. The van der Waals surface area contributed by atoms with Gasteiger partial charge >= 0.3 is 0 Å². The van der Waals surface area contributed by atoms with E-state index in [-0.39, 0.29) is 23.7 Å². The number of para-hydroxylation sites is 1. The van der Waals surface area contributed by atoms with Crippen molar-refractivity contribution in [1.82, 2.24) is 0 Å². The van der Waals surface area contributed by atoms with Crippen LogP contribution < -0.4 is 10.3 Å². The Bertz CT molecular complexity index is 881. The lowest BCUT2D eigenvalue weighted by Gasteiger charge is -2.38. The monoisotopic (exact) mass is 429 g/mol. The van der Waals surface area contributed by atoms with Gasteiger partial charge in [-0.1, -0.05) is 64.1 Å².